The van der Waals surface area contributed by atoms with Gasteiger partial charge in [0.05, 0.1) is 16.4 Å². The summed E-state index contributed by atoms with van der Waals surface area (Å²) in [5.74, 6) is 0.922. The standard InChI is InChI=1S/C29H27Cl2N3O3S/c30-20-12-15-24(22(31)16-20)37-25-9-5-4-8-23(25)33-27(35)17-26-28(36)34-29(38-26)32-21-13-10-19(11-14-21)18-6-2-1-3-7-18/h4-5,8-16,18,26H,1-3,6-7,17H2,(H,33,35)(H,32,34,36)/t26-/m0/s1. The highest BCUT2D eigenvalue weighted by Crippen LogP contribution is 2.36. The van der Waals surface area contributed by atoms with E-state index in [0.29, 0.717) is 38.3 Å². The number of thioether (sulfide) groups is 1. The molecule has 1 aliphatic heterocycles. The number of hydrogen-bond donors (Lipinski definition) is 2. The van der Waals surface area contributed by atoms with Gasteiger partial charge < -0.3 is 15.4 Å². The number of ether oxygens (including phenoxy) is 1. The molecule has 6 nitrogen and oxygen atoms in total. The Morgan fingerprint density at radius 2 is 1.76 bits per heavy atom. The molecule has 1 aliphatic carbocycles. The van der Waals surface area contributed by atoms with Crippen LogP contribution >= 0.6 is 35.0 Å². The maximum Gasteiger partial charge on any atom is 0.240 e. The number of amidine groups is 1. The molecule has 38 heavy (non-hydrogen) atoms. The Morgan fingerprint density at radius 1 is 1.00 bits per heavy atom. The number of rotatable bonds is 7. The molecule has 5 rings (SSSR count). The third-order valence-corrected chi connectivity index (χ3v) is 8.23. The minimum Gasteiger partial charge on any atom is -0.454 e. The molecule has 0 aromatic heterocycles. The largest absolute Gasteiger partial charge is 0.454 e. The quantitative estimate of drug-likeness (QED) is 0.302. The van der Waals surface area contributed by atoms with E-state index in [1.807, 2.05) is 12.1 Å². The van der Waals surface area contributed by atoms with Crippen LogP contribution in [0.4, 0.5) is 11.4 Å². The second-order valence-electron chi connectivity index (χ2n) is 9.36. The van der Waals surface area contributed by atoms with Crippen molar-refractivity contribution in [1.82, 2.24) is 5.32 Å². The van der Waals surface area contributed by atoms with Crippen molar-refractivity contribution >= 4 is 63.3 Å². The van der Waals surface area contributed by atoms with Gasteiger partial charge in [-0.3, -0.25) is 9.59 Å². The number of nitrogens with zero attached hydrogens (tertiary/aromatic N) is 1. The summed E-state index contributed by atoms with van der Waals surface area (Å²) in [5.41, 5.74) is 2.61. The monoisotopic (exact) mass is 567 g/mol. The first-order chi connectivity index (χ1) is 18.4. The first-order valence-corrected chi connectivity index (χ1v) is 14.3. The second kappa shape index (κ2) is 12.2. The Hall–Kier alpha value is -3.00. The van der Waals surface area contributed by atoms with Crippen molar-refractivity contribution in [3.63, 3.8) is 0 Å². The van der Waals surface area contributed by atoms with Crippen LogP contribution in [0.25, 0.3) is 0 Å². The van der Waals surface area contributed by atoms with E-state index in [1.54, 1.807) is 42.5 Å². The molecular weight excluding hydrogens is 541 g/mol. The van der Waals surface area contributed by atoms with Gasteiger partial charge in [0.25, 0.3) is 0 Å². The van der Waals surface area contributed by atoms with Crippen molar-refractivity contribution < 1.29 is 14.3 Å². The zero-order valence-corrected chi connectivity index (χ0v) is 22.9. The van der Waals surface area contributed by atoms with E-state index in [4.69, 9.17) is 27.9 Å². The Bertz CT molecular complexity index is 1360. The van der Waals surface area contributed by atoms with Gasteiger partial charge in [0, 0.05) is 11.4 Å². The van der Waals surface area contributed by atoms with Gasteiger partial charge in [-0.2, -0.15) is 0 Å². The Balaban J connectivity index is 1.19. The van der Waals surface area contributed by atoms with E-state index in [1.165, 1.54) is 49.4 Å². The van der Waals surface area contributed by atoms with Gasteiger partial charge >= 0.3 is 0 Å². The van der Waals surface area contributed by atoms with Crippen molar-refractivity contribution in [1.29, 1.82) is 0 Å². The second-order valence-corrected chi connectivity index (χ2v) is 11.4. The van der Waals surface area contributed by atoms with Crippen LogP contribution < -0.4 is 15.4 Å². The molecule has 3 aromatic rings. The lowest BCUT2D eigenvalue weighted by atomic mass is 9.84. The molecule has 0 radical (unpaired) electrons. The zero-order valence-electron chi connectivity index (χ0n) is 20.6. The van der Waals surface area contributed by atoms with Crippen LogP contribution in [0.15, 0.2) is 71.7 Å². The summed E-state index contributed by atoms with van der Waals surface area (Å²) >= 11 is 13.5. The number of anilines is 1. The Morgan fingerprint density at radius 3 is 2.53 bits per heavy atom. The smallest absolute Gasteiger partial charge is 0.240 e. The van der Waals surface area contributed by atoms with Crippen molar-refractivity contribution in [3.05, 3.63) is 82.3 Å². The van der Waals surface area contributed by atoms with Gasteiger partial charge in [0.2, 0.25) is 11.8 Å². The Labute approximate surface area is 236 Å². The van der Waals surface area contributed by atoms with E-state index < -0.39 is 5.25 Å². The molecule has 1 saturated heterocycles. The minimum absolute atomic E-state index is 0.00776. The topological polar surface area (TPSA) is 79.8 Å². The van der Waals surface area contributed by atoms with Crippen LogP contribution in [-0.2, 0) is 9.59 Å². The molecule has 0 bridgehead atoms. The molecule has 0 unspecified atom stereocenters. The number of nitrogens with one attached hydrogen (secondary N) is 2. The zero-order chi connectivity index (χ0) is 26.5. The summed E-state index contributed by atoms with van der Waals surface area (Å²) < 4.78 is 5.91. The van der Waals surface area contributed by atoms with E-state index >= 15 is 0 Å². The summed E-state index contributed by atoms with van der Waals surface area (Å²) in [6, 6.07) is 20.2. The molecular formula is C29H27Cl2N3O3S. The number of carbonyl (C=O) groups is 2. The highest BCUT2D eigenvalue weighted by Gasteiger charge is 2.32. The highest BCUT2D eigenvalue weighted by atomic mass is 35.5. The fourth-order valence-electron chi connectivity index (χ4n) is 4.67. The normalized spacial score (nSPS) is 18.8. The lowest BCUT2D eigenvalue weighted by Gasteiger charge is -2.21. The van der Waals surface area contributed by atoms with Crippen LogP contribution in [0.3, 0.4) is 0 Å². The number of amides is 2. The molecule has 2 amide bonds. The molecule has 0 spiro atoms. The predicted octanol–water partition coefficient (Wildman–Crippen LogP) is 8.08. The predicted molar refractivity (Wildman–Crippen MR) is 155 cm³/mol. The molecule has 196 valence electrons. The lowest BCUT2D eigenvalue weighted by Crippen LogP contribution is -2.28. The third kappa shape index (κ3) is 6.70. The van der Waals surface area contributed by atoms with Gasteiger partial charge in [-0.1, -0.05) is 78.5 Å². The molecule has 2 aliphatic rings. The van der Waals surface area contributed by atoms with Crippen LogP contribution in [-0.4, -0.2) is 22.2 Å². The number of halogens is 2. The first kappa shape index (κ1) is 26.6. The average molecular weight is 569 g/mol. The van der Waals surface area contributed by atoms with Crippen molar-refractivity contribution in [2.75, 3.05) is 5.32 Å². The fraction of sp³-hybridized carbons (Fsp3) is 0.276. The van der Waals surface area contributed by atoms with E-state index in [9.17, 15) is 9.59 Å². The molecule has 1 atom stereocenters. The van der Waals surface area contributed by atoms with Crippen molar-refractivity contribution in [3.8, 4) is 11.5 Å². The average Bonchev–Trinajstić information content (AvgIpc) is 3.25. The SMILES string of the molecule is O=C(C[C@@H]1SC(=Nc2ccc(C3CCCCC3)cc2)NC1=O)Nc1ccccc1Oc1ccc(Cl)cc1Cl. The van der Waals surface area contributed by atoms with E-state index in [2.05, 4.69) is 27.8 Å². The summed E-state index contributed by atoms with van der Waals surface area (Å²) in [6.07, 6.45) is 6.40. The number of aliphatic imine (C=N–C) groups is 1. The lowest BCUT2D eigenvalue weighted by molar-refractivity contribution is -0.122. The van der Waals surface area contributed by atoms with Gasteiger partial charge in [-0.05, 0) is 66.8 Å². The summed E-state index contributed by atoms with van der Waals surface area (Å²) in [7, 11) is 0. The Kier molecular flexibility index (Phi) is 8.57. The minimum atomic E-state index is -0.575. The highest BCUT2D eigenvalue weighted by molar-refractivity contribution is 8.15. The number of carbonyl (C=O) groups excluding carboxylic acids is 2. The maximum absolute atomic E-state index is 12.8. The van der Waals surface area contributed by atoms with E-state index in [0.717, 1.165) is 5.69 Å². The van der Waals surface area contributed by atoms with Crippen LogP contribution in [0.2, 0.25) is 10.0 Å². The summed E-state index contributed by atoms with van der Waals surface area (Å²) in [5, 5.41) is 6.42. The van der Waals surface area contributed by atoms with Crippen molar-refractivity contribution in [2.24, 2.45) is 4.99 Å². The molecule has 2 N–H and O–H groups in total. The van der Waals surface area contributed by atoms with Gasteiger partial charge in [-0.15, -0.1) is 0 Å². The summed E-state index contributed by atoms with van der Waals surface area (Å²) in [4.78, 5) is 30.0. The van der Waals surface area contributed by atoms with Gasteiger partial charge in [0.15, 0.2) is 10.9 Å². The van der Waals surface area contributed by atoms with Crippen molar-refractivity contribution in [2.45, 2.75) is 49.7 Å². The van der Waals surface area contributed by atoms with Crippen LogP contribution in [0.1, 0.15) is 50.0 Å². The molecule has 1 heterocycles. The molecule has 2 fully saturated rings. The molecule has 1 saturated carbocycles. The maximum atomic E-state index is 12.8. The number of para-hydroxylation sites is 2. The van der Waals surface area contributed by atoms with Crippen LogP contribution in [0.5, 0.6) is 11.5 Å². The van der Waals surface area contributed by atoms with Gasteiger partial charge in [0.1, 0.15) is 11.0 Å². The number of hydrogen-bond acceptors (Lipinski definition) is 5. The molecule has 9 heteroatoms. The summed E-state index contributed by atoms with van der Waals surface area (Å²) in [6.45, 7) is 0. The number of benzene rings is 3. The molecule has 3 aromatic carbocycles. The van der Waals surface area contributed by atoms with Gasteiger partial charge in [-0.25, -0.2) is 4.99 Å². The fourth-order valence-corrected chi connectivity index (χ4v) is 6.11. The van der Waals surface area contributed by atoms with E-state index in [-0.39, 0.29) is 18.2 Å². The third-order valence-electron chi connectivity index (χ3n) is 6.62. The first-order valence-electron chi connectivity index (χ1n) is 12.6. The van der Waals surface area contributed by atoms with Crippen LogP contribution in [0, 0.1) is 0 Å².